The molecule has 8 heteroatoms. The van der Waals surface area contributed by atoms with Crippen LogP contribution < -0.4 is 4.72 Å². The van der Waals surface area contributed by atoms with Gasteiger partial charge in [0.25, 0.3) is 10.0 Å². The van der Waals surface area contributed by atoms with Crippen molar-refractivity contribution in [2.24, 2.45) is 0 Å². The molecule has 0 amide bonds. The number of nitrogens with one attached hydrogen (secondary N) is 1. The van der Waals surface area contributed by atoms with Crippen LogP contribution >= 0.6 is 0 Å². The maximum absolute atomic E-state index is 13.2. The number of aryl methyl sites for hydroxylation is 1. The second-order valence-electron chi connectivity index (χ2n) is 7.13. The highest BCUT2D eigenvalue weighted by Gasteiger charge is 2.32. The highest BCUT2D eigenvalue weighted by molar-refractivity contribution is 7.92. The van der Waals surface area contributed by atoms with Crippen LogP contribution in [0.3, 0.4) is 0 Å². The van der Waals surface area contributed by atoms with Gasteiger partial charge in [0, 0.05) is 5.56 Å². The molecule has 1 N–H and O–H groups in total. The van der Waals surface area contributed by atoms with Gasteiger partial charge in [-0.2, -0.15) is 13.2 Å². The largest absolute Gasteiger partial charge is 0.416 e. The summed E-state index contributed by atoms with van der Waals surface area (Å²) in [6.45, 7) is 7.29. The van der Waals surface area contributed by atoms with E-state index in [1.165, 1.54) is 19.1 Å². The quantitative estimate of drug-likeness (QED) is 0.568. The first kappa shape index (κ1) is 21.1. The van der Waals surface area contributed by atoms with Crippen molar-refractivity contribution in [3.05, 3.63) is 59.2 Å². The SMILES string of the molecule is Cc1cc(C(F)(F)F)cc(C#C[Si](C)(C)C)c1NS(=O)(=O)c1ccccc1. The molecule has 2 rings (SSSR count). The number of alkyl halides is 3. The van der Waals surface area contributed by atoms with Gasteiger partial charge in [-0.15, -0.1) is 5.54 Å². The molecule has 0 aliphatic heterocycles. The van der Waals surface area contributed by atoms with Gasteiger partial charge < -0.3 is 0 Å². The molecule has 0 aliphatic rings. The van der Waals surface area contributed by atoms with E-state index in [2.05, 4.69) is 16.2 Å². The Morgan fingerprint density at radius 1 is 1.04 bits per heavy atom. The summed E-state index contributed by atoms with van der Waals surface area (Å²) in [4.78, 5) is 0.0217. The molecule has 0 spiro atoms. The van der Waals surface area contributed by atoms with Gasteiger partial charge in [-0.05, 0) is 36.8 Å². The normalized spacial score (nSPS) is 12.3. The predicted molar refractivity (Wildman–Crippen MR) is 104 cm³/mol. The van der Waals surface area contributed by atoms with Gasteiger partial charge in [-0.3, -0.25) is 4.72 Å². The van der Waals surface area contributed by atoms with Crippen molar-refractivity contribution in [1.82, 2.24) is 0 Å². The van der Waals surface area contributed by atoms with Crippen molar-refractivity contribution in [3.8, 4) is 11.5 Å². The fourth-order valence-corrected chi connectivity index (χ4v) is 3.92. The minimum Gasteiger partial charge on any atom is -0.278 e. The Morgan fingerprint density at radius 2 is 1.63 bits per heavy atom. The lowest BCUT2D eigenvalue weighted by molar-refractivity contribution is -0.137. The Bertz CT molecular complexity index is 999. The molecule has 0 radical (unpaired) electrons. The smallest absolute Gasteiger partial charge is 0.278 e. The topological polar surface area (TPSA) is 46.2 Å². The van der Waals surface area contributed by atoms with Gasteiger partial charge in [-0.25, -0.2) is 8.42 Å². The predicted octanol–water partition coefficient (Wildman–Crippen LogP) is 5.04. The van der Waals surface area contributed by atoms with Crippen LogP contribution in [-0.4, -0.2) is 16.5 Å². The van der Waals surface area contributed by atoms with Gasteiger partial charge in [0.15, 0.2) is 0 Å². The van der Waals surface area contributed by atoms with Gasteiger partial charge in [0.05, 0.1) is 16.1 Å². The lowest BCUT2D eigenvalue weighted by Crippen LogP contribution is -2.18. The van der Waals surface area contributed by atoms with Crippen molar-refractivity contribution in [2.75, 3.05) is 4.72 Å². The van der Waals surface area contributed by atoms with Crippen molar-refractivity contribution in [2.45, 2.75) is 37.6 Å². The molecule has 3 nitrogen and oxygen atoms in total. The van der Waals surface area contributed by atoms with Crippen LogP contribution in [0.5, 0.6) is 0 Å². The molecule has 0 saturated heterocycles. The molecule has 0 unspecified atom stereocenters. The average molecular weight is 412 g/mol. The fraction of sp³-hybridized carbons (Fsp3) is 0.263. The van der Waals surface area contributed by atoms with Gasteiger partial charge in [0.1, 0.15) is 8.07 Å². The molecular formula is C19H20F3NO2SSi. The van der Waals surface area contributed by atoms with Crippen LogP contribution in [0, 0.1) is 18.4 Å². The molecule has 0 aliphatic carbocycles. The molecular weight excluding hydrogens is 391 g/mol. The Kier molecular flexibility index (Phi) is 5.78. The summed E-state index contributed by atoms with van der Waals surface area (Å²) >= 11 is 0. The second kappa shape index (κ2) is 7.41. The minimum atomic E-state index is -4.54. The first-order valence-corrected chi connectivity index (χ1v) is 13.1. The van der Waals surface area contributed by atoms with Crippen molar-refractivity contribution in [3.63, 3.8) is 0 Å². The Morgan fingerprint density at radius 3 is 2.15 bits per heavy atom. The van der Waals surface area contributed by atoms with Crippen LogP contribution in [-0.2, 0) is 16.2 Å². The van der Waals surface area contributed by atoms with E-state index in [1.807, 2.05) is 19.6 Å². The average Bonchev–Trinajstić information content (AvgIpc) is 2.54. The zero-order chi connectivity index (χ0) is 20.5. The zero-order valence-electron chi connectivity index (χ0n) is 15.4. The van der Waals surface area contributed by atoms with E-state index in [0.29, 0.717) is 0 Å². The van der Waals surface area contributed by atoms with Gasteiger partial charge >= 0.3 is 6.18 Å². The van der Waals surface area contributed by atoms with E-state index in [0.717, 1.165) is 12.1 Å². The van der Waals surface area contributed by atoms with Gasteiger partial charge in [-0.1, -0.05) is 43.8 Å². The molecule has 2 aromatic rings. The number of anilines is 1. The summed E-state index contributed by atoms with van der Waals surface area (Å²) in [6.07, 6.45) is -4.54. The molecule has 0 atom stereocenters. The molecule has 0 saturated carbocycles. The second-order valence-corrected chi connectivity index (χ2v) is 13.6. The number of rotatable bonds is 3. The van der Waals surface area contributed by atoms with E-state index in [1.54, 1.807) is 18.2 Å². The lowest BCUT2D eigenvalue weighted by Gasteiger charge is -2.16. The summed E-state index contributed by atoms with van der Waals surface area (Å²) in [5.74, 6) is 2.77. The fourth-order valence-electron chi connectivity index (χ4n) is 2.23. The minimum absolute atomic E-state index is 0.0178. The van der Waals surface area contributed by atoms with E-state index in [-0.39, 0.29) is 21.7 Å². The first-order chi connectivity index (χ1) is 12.3. The molecule has 27 heavy (non-hydrogen) atoms. The highest BCUT2D eigenvalue weighted by atomic mass is 32.2. The number of sulfonamides is 1. The van der Waals surface area contributed by atoms with Crippen molar-refractivity contribution in [1.29, 1.82) is 0 Å². The van der Waals surface area contributed by atoms with Crippen molar-refractivity contribution >= 4 is 23.8 Å². The van der Waals surface area contributed by atoms with E-state index in [4.69, 9.17) is 0 Å². The molecule has 144 valence electrons. The molecule has 0 aromatic heterocycles. The monoisotopic (exact) mass is 411 g/mol. The highest BCUT2D eigenvalue weighted by Crippen LogP contribution is 2.34. The van der Waals surface area contributed by atoms with Crippen LogP contribution in [0.4, 0.5) is 18.9 Å². The lowest BCUT2D eigenvalue weighted by atomic mass is 10.0. The Labute approximate surface area is 158 Å². The van der Waals surface area contributed by atoms with Crippen LogP contribution in [0.2, 0.25) is 19.6 Å². The summed E-state index contributed by atoms with van der Waals surface area (Å²) in [7, 11) is -5.83. The zero-order valence-corrected chi connectivity index (χ0v) is 17.2. The Balaban J connectivity index is 2.62. The maximum atomic E-state index is 13.2. The number of hydrogen-bond donors (Lipinski definition) is 1. The first-order valence-electron chi connectivity index (χ1n) is 8.12. The number of hydrogen-bond acceptors (Lipinski definition) is 2. The molecule has 0 fully saturated rings. The van der Waals surface area contributed by atoms with Gasteiger partial charge in [0.2, 0.25) is 0 Å². The summed E-state index contributed by atoms with van der Waals surface area (Å²) in [5, 5.41) is 0. The third-order valence-corrected chi connectivity index (χ3v) is 5.77. The van der Waals surface area contributed by atoms with Crippen LogP contribution in [0.1, 0.15) is 16.7 Å². The van der Waals surface area contributed by atoms with E-state index >= 15 is 0 Å². The van der Waals surface area contributed by atoms with E-state index < -0.39 is 29.8 Å². The molecule has 2 aromatic carbocycles. The maximum Gasteiger partial charge on any atom is 0.416 e. The summed E-state index contributed by atoms with van der Waals surface area (Å²) in [5.41, 5.74) is 2.38. The van der Waals surface area contributed by atoms with Crippen molar-refractivity contribution < 1.29 is 21.6 Å². The summed E-state index contributed by atoms with van der Waals surface area (Å²) < 4.78 is 67.2. The number of halogens is 3. The number of benzene rings is 2. The Hall–Kier alpha value is -2.24. The third-order valence-electron chi connectivity index (χ3n) is 3.52. The standard InChI is InChI=1S/C19H20F3NO2SSi/c1-14-12-16(19(20,21)22)13-15(10-11-27(2,3)4)18(14)23-26(24,25)17-8-6-5-7-9-17/h5-9,12-13,23H,1-4H3. The summed E-state index contributed by atoms with van der Waals surface area (Å²) in [6, 6.07) is 9.45. The molecule has 0 heterocycles. The van der Waals surface area contributed by atoms with E-state index in [9.17, 15) is 21.6 Å². The van der Waals surface area contributed by atoms with Crippen LogP contribution in [0.15, 0.2) is 47.4 Å². The van der Waals surface area contributed by atoms with Crippen LogP contribution in [0.25, 0.3) is 0 Å². The molecule has 0 bridgehead atoms. The third kappa shape index (κ3) is 5.61.